The minimum Gasteiger partial charge on any atom is -0.497 e. The monoisotopic (exact) mass is 402 g/mol. The van der Waals surface area contributed by atoms with Gasteiger partial charge in [-0.2, -0.15) is 0 Å². The number of benzene rings is 1. The molecule has 1 aromatic carbocycles. The van der Waals surface area contributed by atoms with E-state index >= 15 is 0 Å². The van der Waals surface area contributed by atoms with Gasteiger partial charge in [-0.15, -0.1) is 24.8 Å². The highest BCUT2D eigenvalue weighted by Gasteiger charge is 2.22. The van der Waals surface area contributed by atoms with Crippen molar-refractivity contribution in [2.24, 2.45) is 0 Å². The van der Waals surface area contributed by atoms with Crippen LogP contribution in [0, 0.1) is 0 Å². The van der Waals surface area contributed by atoms with E-state index in [0.29, 0.717) is 0 Å². The molecule has 0 unspecified atom stereocenters. The number of likely N-dealkylation sites (tertiary alicyclic amines) is 1. The second kappa shape index (κ2) is 12.8. The molecule has 2 fully saturated rings. The average Bonchev–Trinajstić information content (AvgIpc) is 2.67. The Labute approximate surface area is 172 Å². The van der Waals surface area contributed by atoms with Crippen LogP contribution in [0.3, 0.4) is 0 Å². The van der Waals surface area contributed by atoms with Crippen molar-refractivity contribution in [1.82, 2.24) is 9.80 Å². The molecule has 5 heteroatoms. The smallest absolute Gasteiger partial charge is 0.118 e. The SMILES string of the molecule is COc1ccc(CN(CCN2CCCCC2)C2CCCCC2)cc1.Cl.Cl. The van der Waals surface area contributed by atoms with Crippen molar-refractivity contribution < 1.29 is 4.74 Å². The largest absolute Gasteiger partial charge is 0.497 e. The maximum absolute atomic E-state index is 5.30. The van der Waals surface area contributed by atoms with Gasteiger partial charge in [0.25, 0.3) is 0 Å². The highest BCUT2D eigenvalue weighted by Crippen LogP contribution is 2.24. The number of hydrogen-bond acceptors (Lipinski definition) is 3. The van der Waals surface area contributed by atoms with Gasteiger partial charge in [0.1, 0.15) is 5.75 Å². The van der Waals surface area contributed by atoms with Crippen molar-refractivity contribution in [2.45, 2.75) is 64.0 Å². The summed E-state index contributed by atoms with van der Waals surface area (Å²) in [6.45, 7) is 6.16. The highest BCUT2D eigenvalue weighted by atomic mass is 35.5. The van der Waals surface area contributed by atoms with E-state index in [-0.39, 0.29) is 24.8 Å². The Balaban J connectivity index is 0.00000169. The summed E-state index contributed by atoms with van der Waals surface area (Å²) in [5.41, 5.74) is 1.42. The van der Waals surface area contributed by atoms with Crippen molar-refractivity contribution in [3.8, 4) is 5.75 Å². The van der Waals surface area contributed by atoms with Gasteiger partial charge in [-0.25, -0.2) is 0 Å². The van der Waals surface area contributed by atoms with Gasteiger partial charge in [0.15, 0.2) is 0 Å². The predicted octanol–water partition coefficient (Wildman–Crippen LogP) is 5.16. The lowest BCUT2D eigenvalue weighted by atomic mass is 9.93. The van der Waals surface area contributed by atoms with Gasteiger partial charge in [0, 0.05) is 25.7 Å². The standard InChI is InChI=1S/C21H34N2O.2ClH/c1-24-21-12-10-19(11-13-21)18-23(20-8-4-2-5-9-20)17-16-22-14-6-3-7-15-22;;/h10-13,20H,2-9,14-18H2,1H3;2*1H. The first-order valence-corrected chi connectivity index (χ1v) is 9.94. The molecule has 26 heavy (non-hydrogen) atoms. The van der Waals surface area contributed by atoms with Gasteiger partial charge < -0.3 is 9.64 Å². The minimum absolute atomic E-state index is 0. The van der Waals surface area contributed by atoms with Crippen molar-refractivity contribution in [2.75, 3.05) is 33.3 Å². The molecule has 0 radical (unpaired) electrons. The van der Waals surface area contributed by atoms with Gasteiger partial charge >= 0.3 is 0 Å². The summed E-state index contributed by atoms with van der Waals surface area (Å²) < 4.78 is 5.30. The summed E-state index contributed by atoms with van der Waals surface area (Å²) in [6.07, 6.45) is 11.2. The third-order valence-corrected chi connectivity index (χ3v) is 5.79. The lowest BCUT2D eigenvalue weighted by molar-refractivity contribution is 0.118. The van der Waals surface area contributed by atoms with E-state index in [0.717, 1.165) is 18.3 Å². The summed E-state index contributed by atoms with van der Waals surface area (Å²) in [5.74, 6) is 0.955. The number of nitrogens with zero attached hydrogens (tertiary/aromatic N) is 2. The van der Waals surface area contributed by atoms with Gasteiger partial charge in [-0.05, 0) is 56.5 Å². The fraction of sp³-hybridized carbons (Fsp3) is 0.714. The Morgan fingerprint density at radius 1 is 0.923 bits per heavy atom. The van der Waals surface area contributed by atoms with Gasteiger partial charge in [-0.1, -0.05) is 37.8 Å². The van der Waals surface area contributed by atoms with Crippen molar-refractivity contribution in [3.63, 3.8) is 0 Å². The lowest BCUT2D eigenvalue weighted by Gasteiger charge is -2.36. The second-order valence-corrected chi connectivity index (χ2v) is 7.51. The van der Waals surface area contributed by atoms with Gasteiger partial charge in [-0.3, -0.25) is 4.90 Å². The molecule has 0 atom stereocenters. The molecule has 0 spiro atoms. The average molecular weight is 403 g/mol. The van der Waals surface area contributed by atoms with Gasteiger partial charge in [0.2, 0.25) is 0 Å². The quantitative estimate of drug-likeness (QED) is 0.626. The summed E-state index contributed by atoms with van der Waals surface area (Å²) in [6, 6.07) is 9.44. The first-order valence-electron chi connectivity index (χ1n) is 9.94. The molecule has 1 saturated heterocycles. The number of rotatable bonds is 7. The molecule has 0 aromatic heterocycles. The van der Waals surface area contributed by atoms with Crippen molar-refractivity contribution in [3.05, 3.63) is 29.8 Å². The minimum atomic E-state index is 0. The maximum Gasteiger partial charge on any atom is 0.118 e. The van der Waals surface area contributed by atoms with E-state index in [1.807, 2.05) is 0 Å². The highest BCUT2D eigenvalue weighted by molar-refractivity contribution is 5.85. The zero-order valence-corrected chi connectivity index (χ0v) is 17.8. The van der Waals surface area contributed by atoms with E-state index < -0.39 is 0 Å². The van der Waals surface area contributed by atoms with Gasteiger partial charge in [0.05, 0.1) is 7.11 Å². The molecular formula is C21H36Cl2N2O. The Hall–Kier alpha value is -0.480. The fourth-order valence-electron chi connectivity index (χ4n) is 4.26. The third kappa shape index (κ3) is 7.26. The van der Waals surface area contributed by atoms with Crippen LogP contribution in [0.4, 0.5) is 0 Å². The third-order valence-electron chi connectivity index (χ3n) is 5.79. The molecule has 1 aromatic rings. The zero-order valence-electron chi connectivity index (χ0n) is 16.2. The van der Waals surface area contributed by atoms with Crippen LogP contribution in [0.2, 0.25) is 0 Å². The van der Waals surface area contributed by atoms with Crippen molar-refractivity contribution in [1.29, 1.82) is 0 Å². The van der Waals surface area contributed by atoms with Crippen LogP contribution in [0.15, 0.2) is 24.3 Å². The van der Waals surface area contributed by atoms with E-state index in [2.05, 4.69) is 34.1 Å². The zero-order chi connectivity index (χ0) is 16.6. The molecule has 3 nitrogen and oxygen atoms in total. The molecule has 1 aliphatic carbocycles. The first-order chi connectivity index (χ1) is 11.8. The molecule has 150 valence electrons. The normalized spacial score (nSPS) is 18.8. The Bertz CT molecular complexity index is 471. The molecule has 3 rings (SSSR count). The molecule has 1 heterocycles. The lowest BCUT2D eigenvalue weighted by Crippen LogP contribution is -2.42. The van der Waals surface area contributed by atoms with Crippen LogP contribution < -0.4 is 4.74 Å². The number of methoxy groups -OCH3 is 1. The summed E-state index contributed by atoms with van der Waals surface area (Å²) in [4.78, 5) is 5.43. The van der Waals surface area contributed by atoms with Crippen LogP contribution in [0.1, 0.15) is 56.9 Å². The van der Waals surface area contributed by atoms with Crippen LogP contribution in [-0.4, -0.2) is 49.1 Å². The molecule has 0 bridgehead atoms. The summed E-state index contributed by atoms with van der Waals surface area (Å²) >= 11 is 0. The fourth-order valence-corrected chi connectivity index (χ4v) is 4.26. The topological polar surface area (TPSA) is 15.7 Å². The number of piperidine rings is 1. The van der Waals surface area contributed by atoms with Crippen LogP contribution in [0.5, 0.6) is 5.75 Å². The van der Waals surface area contributed by atoms with Crippen molar-refractivity contribution >= 4 is 24.8 Å². The summed E-state index contributed by atoms with van der Waals surface area (Å²) in [5, 5.41) is 0. The van der Waals surface area contributed by atoms with E-state index in [9.17, 15) is 0 Å². The maximum atomic E-state index is 5.30. The molecule has 2 aliphatic rings. The predicted molar refractivity (Wildman–Crippen MR) is 115 cm³/mol. The van der Waals surface area contributed by atoms with E-state index in [4.69, 9.17) is 4.74 Å². The summed E-state index contributed by atoms with van der Waals surface area (Å²) in [7, 11) is 1.74. The van der Waals surface area contributed by atoms with Crippen LogP contribution >= 0.6 is 24.8 Å². The Morgan fingerprint density at radius 2 is 1.54 bits per heavy atom. The van der Waals surface area contributed by atoms with E-state index in [1.54, 1.807) is 7.11 Å². The number of hydrogen-bond donors (Lipinski definition) is 0. The van der Waals surface area contributed by atoms with Crippen LogP contribution in [-0.2, 0) is 6.54 Å². The molecular weight excluding hydrogens is 367 g/mol. The first kappa shape index (κ1) is 23.6. The second-order valence-electron chi connectivity index (χ2n) is 7.51. The Kier molecular flexibility index (Phi) is 11.6. The number of halogens is 2. The van der Waals surface area contributed by atoms with E-state index in [1.165, 1.54) is 83.1 Å². The Morgan fingerprint density at radius 3 is 2.15 bits per heavy atom. The van der Waals surface area contributed by atoms with Crippen LogP contribution in [0.25, 0.3) is 0 Å². The molecule has 0 amide bonds. The number of ether oxygens (including phenoxy) is 1. The molecule has 0 N–H and O–H groups in total. The molecule has 1 aliphatic heterocycles. The molecule has 1 saturated carbocycles.